The molecule has 1 aromatic carbocycles. The zero-order valence-corrected chi connectivity index (χ0v) is 8.69. The molecule has 84 valence electrons. The molecule has 4 heteroatoms. The summed E-state index contributed by atoms with van der Waals surface area (Å²) in [6.45, 7) is 0.687. The minimum Gasteiger partial charge on any atom is -0.382 e. The fourth-order valence-electron chi connectivity index (χ4n) is 1.53. The van der Waals surface area contributed by atoms with Crippen molar-refractivity contribution in [1.29, 1.82) is 0 Å². The molecule has 1 heterocycles. The van der Waals surface area contributed by atoms with Crippen molar-refractivity contribution < 1.29 is 13.9 Å². The van der Waals surface area contributed by atoms with Crippen LogP contribution < -0.4 is 0 Å². The summed E-state index contributed by atoms with van der Waals surface area (Å²) in [6, 6.07) is 8.70. The number of benzene rings is 1. The number of halogens is 2. The molecule has 1 aromatic heterocycles. The van der Waals surface area contributed by atoms with Gasteiger partial charge in [0.05, 0.1) is 5.52 Å². The van der Waals surface area contributed by atoms with Crippen LogP contribution in [-0.2, 0) is 0 Å². The second-order valence-electron chi connectivity index (χ2n) is 3.82. The summed E-state index contributed by atoms with van der Waals surface area (Å²) in [5.74, 6) is -3.16. The quantitative estimate of drug-likeness (QED) is 0.849. The van der Waals surface area contributed by atoms with Crippen LogP contribution in [0.4, 0.5) is 8.78 Å². The number of nitrogens with zero attached hydrogens (tertiary/aromatic N) is 1. The Kier molecular flexibility index (Phi) is 2.59. The third-order valence-corrected chi connectivity index (χ3v) is 2.41. The predicted octanol–water partition coefficient (Wildman–Crippen LogP) is 2.92. The molecule has 0 aliphatic heterocycles. The van der Waals surface area contributed by atoms with Crippen molar-refractivity contribution in [3.8, 4) is 0 Å². The van der Waals surface area contributed by atoms with Gasteiger partial charge in [-0.05, 0) is 12.1 Å². The van der Waals surface area contributed by atoms with Gasteiger partial charge < -0.3 is 5.11 Å². The van der Waals surface area contributed by atoms with Crippen LogP contribution >= 0.6 is 0 Å². The Bertz CT molecular complexity index is 508. The number of aromatic nitrogens is 1. The van der Waals surface area contributed by atoms with E-state index in [1.807, 2.05) is 6.07 Å². The van der Waals surface area contributed by atoms with Gasteiger partial charge in [-0.25, -0.2) is 8.78 Å². The minimum absolute atomic E-state index is 0.131. The molecule has 0 saturated carbocycles. The molecule has 2 nitrogen and oxygen atoms in total. The third kappa shape index (κ3) is 2.02. The summed E-state index contributed by atoms with van der Waals surface area (Å²) in [6.07, 6.45) is -0.533. The largest absolute Gasteiger partial charge is 0.382 e. The number of aliphatic hydroxyl groups excluding tert-OH is 1. The number of para-hydroxylation sites is 1. The van der Waals surface area contributed by atoms with Crippen LogP contribution in [0.15, 0.2) is 36.5 Å². The van der Waals surface area contributed by atoms with Crippen molar-refractivity contribution in [3.63, 3.8) is 0 Å². The molecule has 16 heavy (non-hydrogen) atoms. The minimum atomic E-state index is -3.16. The molecule has 0 bridgehead atoms. The van der Waals surface area contributed by atoms with Crippen LogP contribution in [0.3, 0.4) is 0 Å². The Balaban J connectivity index is 2.47. The van der Waals surface area contributed by atoms with Crippen molar-refractivity contribution >= 4 is 10.9 Å². The highest BCUT2D eigenvalue weighted by atomic mass is 19.3. The number of aliphatic hydroxyl groups is 1. The smallest absolute Gasteiger partial charge is 0.274 e. The van der Waals surface area contributed by atoms with Gasteiger partial charge in [-0.1, -0.05) is 18.2 Å². The van der Waals surface area contributed by atoms with Crippen LogP contribution in [0.1, 0.15) is 18.6 Å². The fourth-order valence-corrected chi connectivity index (χ4v) is 1.53. The monoisotopic (exact) mass is 223 g/mol. The van der Waals surface area contributed by atoms with Crippen LogP contribution in [-0.4, -0.2) is 16.0 Å². The van der Waals surface area contributed by atoms with E-state index in [1.54, 1.807) is 18.2 Å². The molecular formula is C12H11F2NO. The van der Waals surface area contributed by atoms with E-state index in [1.165, 1.54) is 12.3 Å². The number of alkyl halides is 2. The second-order valence-corrected chi connectivity index (χ2v) is 3.82. The lowest BCUT2D eigenvalue weighted by Crippen LogP contribution is -2.21. The van der Waals surface area contributed by atoms with Crippen molar-refractivity contribution in [2.75, 3.05) is 0 Å². The van der Waals surface area contributed by atoms with Gasteiger partial charge in [0.15, 0.2) is 0 Å². The molecule has 0 aliphatic carbocycles. The highest BCUT2D eigenvalue weighted by Crippen LogP contribution is 2.31. The zero-order chi connectivity index (χ0) is 11.8. The number of pyridine rings is 1. The van der Waals surface area contributed by atoms with Gasteiger partial charge in [0.2, 0.25) is 0 Å². The van der Waals surface area contributed by atoms with Gasteiger partial charge in [0.1, 0.15) is 6.10 Å². The third-order valence-electron chi connectivity index (χ3n) is 2.41. The molecule has 0 spiro atoms. The van der Waals surface area contributed by atoms with E-state index in [9.17, 15) is 13.9 Å². The fraction of sp³-hybridized carbons (Fsp3) is 0.250. The maximum Gasteiger partial charge on any atom is 0.274 e. The Labute approximate surface area is 91.6 Å². The molecule has 2 rings (SSSR count). The molecule has 0 aliphatic rings. The molecule has 0 saturated heterocycles. The first-order valence-corrected chi connectivity index (χ1v) is 4.89. The van der Waals surface area contributed by atoms with Gasteiger partial charge in [-0.15, -0.1) is 0 Å². The van der Waals surface area contributed by atoms with E-state index in [-0.39, 0.29) is 5.56 Å². The van der Waals surface area contributed by atoms with E-state index < -0.39 is 12.0 Å². The molecule has 1 unspecified atom stereocenters. The molecule has 0 radical (unpaired) electrons. The Hall–Kier alpha value is -1.55. The Morgan fingerprint density at radius 3 is 2.69 bits per heavy atom. The second kappa shape index (κ2) is 3.79. The van der Waals surface area contributed by atoms with Crippen LogP contribution in [0.25, 0.3) is 10.9 Å². The van der Waals surface area contributed by atoms with Crippen LogP contribution in [0.5, 0.6) is 0 Å². The number of hydrogen-bond acceptors (Lipinski definition) is 2. The van der Waals surface area contributed by atoms with E-state index in [0.29, 0.717) is 6.92 Å². The van der Waals surface area contributed by atoms with E-state index in [0.717, 1.165) is 10.9 Å². The lowest BCUT2D eigenvalue weighted by molar-refractivity contribution is -0.0954. The molecule has 1 atom stereocenters. The standard InChI is InChI=1S/C12H11F2NO/c1-12(13,14)11(16)9-6-8-4-2-3-5-10(8)15-7-9/h2-7,11,16H,1H3. The molecule has 0 amide bonds. The Morgan fingerprint density at radius 2 is 2.00 bits per heavy atom. The number of fused-ring (bicyclic) bond motifs is 1. The van der Waals surface area contributed by atoms with Gasteiger partial charge >= 0.3 is 0 Å². The highest BCUT2D eigenvalue weighted by Gasteiger charge is 2.33. The van der Waals surface area contributed by atoms with Crippen molar-refractivity contribution in [1.82, 2.24) is 4.98 Å². The van der Waals surface area contributed by atoms with Crippen molar-refractivity contribution in [3.05, 3.63) is 42.1 Å². The van der Waals surface area contributed by atoms with E-state index >= 15 is 0 Å². The summed E-state index contributed by atoms with van der Waals surface area (Å²) in [4.78, 5) is 4.02. The first-order valence-electron chi connectivity index (χ1n) is 4.89. The predicted molar refractivity (Wildman–Crippen MR) is 57.3 cm³/mol. The molecule has 0 fully saturated rings. The average Bonchev–Trinajstić information content (AvgIpc) is 2.26. The van der Waals surface area contributed by atoms with E-state index in [4.69, 9.17) is 0 Å². The first-order chi connectivity index (χ1) is 7.48. The van der Waals surface area contributed by atoms with Gasteiger partial charge in [-0.2, -0.15) is 0 Å². The summed E-state index contributed by atoms with van der Waals surface area (Å²) in [5, 5.41) is 10.2. The lowest BCUT2D eigenvalue weighted by atomic mass is 10.0. The van der Waals surface area contributed by atoms with Crippen LogP contribution in [0.2, 0.25) is 0 Å². The van der Waals surface area contributed by atoms with E-state index in [2.05, 4.69) is 4.98 Å². The van der Waals surface area contributed by atoms with Gasteiger partial charge in [-0.3, -0.25) is 4.98 Å². The maximum atomic E-state index is 12.9. The zero-order valence-electron chi connectivity index (χ0n) is 8.69. The topological polar surface area (TPSA) is 33.1 Å². The summed E-state index contributed by atoms with van der Waals surface area (Å²) in [7, 11) is 0. The lowest BCUT2D eigenvalue weighted by Gasteiger charge is -2.18. The summed E-state index contributed by atoms with van der Waals surface area (Å²) >= 11 is 0. The van der Waals surface area contributed by atoms with Crippen molar-refractivity contribution in [2.45, 2.75) is 19.0 Å². The Morgan fingerprint density at radius 1 is 1.31 bits per heavy atom. The number of hydrogen-bond donors (Lipinski definition) is 1. The average molecular weight is 223 g/mol. The van der Waals surface area contributed by atoms with Gasteiger partial charge in [0, 0.05) is 24.1 Å². The molecule has 2 aromatic rings. The van der Waals surface area contributed by atoms with Crippen LogP contribution in [0, 0.1) is 0 Å². The SMILES string of the molecule is CC(F)(F)C(O)c1cnc2ccccc2c1. The van der Waals surface area contributed by atoms with Gasteiger partial charge in [0.25, 0.3) is 5.92 Å². The summed E-state index contributed by atoms with van der Waals surface area (Å²) in [5.41, 5.74) is 0.851. The molecule has 1 N–H and O–H groups in total. The highest BCUT2D eigenvalue weighted by molar-refractivity contribution is 5.78. The summed E-state index contributed by atoms with van der Waals surface area (Å²) < 4.78 is 25.8. The maximum absolute atomic E-state index is 12.9. The normalized spacial score (nSPS) is 14.0. The van der Waals surface area contributed by atoms with Crippen molar-refractivity contribution in [2.24, 2.45) is 0 Å². The molecular weight excluding hydrogens is 212 g/mol. The first kappa shape index (κ1) is 11.0. The number of rotatable bonds is 2.